The van der Waals surface area contributed by atoms with E-state index in [4.69, 9.17) is 9.47 Å². The molecule has 0 radical (unpaired) electrons. The molecule has 1 heterocycles. The van der Waals surface area contributed by atoms with E-state index in [1.807, 2.05) is 12.1 Å². The van der Waals surface area contributed by atoms with E-state index in [1.165, 1.54) is 6.92 Å². The number of hydrogen-bond donors (Lipinski definition) is 1. The molecule has 1 aliphatic heterocycles. The van der Waals surface area contributed by atoms with Crippen LogP contribution in [-0.4, -0.2) is 37.5 Å². The lowest BCUT2D eigenvalue weighted by Gasteiger charge is -2.29. The molecule has 0 saturated carbocycles. The molecule has 0 unspecified atom stereocenters. The summed E-state index contributed by atoms with van der Waals surface area (Å²) in [5.41, 5.74) is 3.39. The molecule has 1 N–H and O–H groups in total. The van der Waals surface area contributed by atoms with Gasteiger partial charge in [0.15, 0.2) is 17.3 Å². The molecule has 0 saturated heterocycles. The molecule has 2 aromatic carbocycles. The van der Waals surface area contributed by atoms with Gasteiger partial charge in [-0.05, 0) is 48.7 Å². The summed E-state index contributed by atoms with van der Waals surface area (Å²) in [6, 6.07) is 10.7. The summed E-state index contributed by atoms with van der Waals surface area (Å²) in [5.74, 6) is 1.32. The first kappa shape index (κ1) is 17.8. The highest BCUT2D eigenvalue weighted by atomic mass is 16.5. The van der Waals surface area contributed by atoms with Crippen molar-refractivity contribution < 1.29 is 19.1 Å². The number of nitrogens with one attached hydrogen (secondary N) is 1. The standard InChI is InChI=1S/C20H22N2O4/c1-13(23)14-5-4-6-17(9-14)21-20(24)22-8-7-15-10-18(25-2)19(26-3)11-16(15)12-22/h4-6,9-11H,7-8,12H2,1-3H3,(H,21,24). The smallest absolute Gasteiger partial charge is 0.322 e. The maximum Gasteiger partial charge on any atom is 0.322 e. The van der Waals surface area contributed by atoms with Gasteiger partial charge in [-0.1, -0.05) is 12.1 Å². The molecule has 6 heteroatoms. The van der Waals surface area contributed by atoms with E-state index in [2.05, 4.69) is 5.32 Å². The first-order valence-corrected chi connectivity index (χ1v) is 8.42. The normalized spacial score (nSPS) is 13.0. The van der Waals surface area contributed by atoms with Crippen LogP contribution >= 0.6 is 0 Å². The summed E-state index contributed by atoms with van der Waals surface area (Å²) in [6.45, 7) is 2.61. The summed E-state index contributed by atoms with van der Waals surface area (Å²) in [4.78, 5) is 25.8. The van der Waals surface area contributed by atoms with Crippen molar-refractivity contribution in [3.05, 3.63) is 53.1 Å². The van der Waals surface area contributed by atoms with Crippen LogP contribution in [0.4, 0.5) is 10.5 Å². The number of ketones is 1. The number of urea groups is 1. The minimum Gasteiger partial charge on any atom is -0.493 e. The number of hydrogen-bond acceptors (Lipinski definition) is 4. The van der Waals surface area contributed by atoms with Crippen molar-refractivity contribution >= 4 is 17.5 Å². The predicted octanol–water partition coefficient (Wildman–Crippen LogP) is 3.50. The molecule has 6 nitrogen and oxygen atoms in total. The Bertz CT molecular complexity index is 848. The quantitative estimate of drug-likeness (QED) is 0.854. The first-order valence-electron chi connectivity index (χ1n) is 8.42. The number of fused-ring (bicyclic) bond motifs is 1. The van der Waals surface area contributed by atoms with Crippen molar-refractivity contribution in [2.45, 2.75) is 19.9 Å². The second-order valence-electron chi connectivity index (χ2n) is 6.21. The van der Waals surface area contributed by atoms with E-state index in [0.29, 0.717) is 35.8 Å². The van der Waals surface area contributed by atoms with Crippen LogP contribution < -0.4 is 14.8 Å². The molecule has 0 atom stereocenters. The number of nitrogens with zero attached hydrogens (tertiary/aromatic N) is 1. The Balaban J connectivity index is 1.75. The molecule has 0 fully saturated rings. The fourth-order valence-electron chi connectivity index (χ4n) is 3.08. The number of carbonyl (C=O) groups excluding carboxylic acids is 2. The zero-order valence-corrected chi connectivity index (χ0v) is 15.2. The van der Waals surface area contributed by atoms with Crippen molar-refractivity contribution in [3.63, 3.8) is 0 Å². The number of benzene rings is 2. The summed E-state index contributed by atoms with van der Waals surface area (Å²) in [6.07, 6.45) is 0.747. The molecule has 0 aromatic heterocycles. The summed E-state index contributed by atoms with van der Waals surface area (Å²) < 4.78 is 10.7. The van der Waals surface area contributed by atoms with Crippen molar-refractivity contribution in [2.75, 3.05) is 26.1 Å². The first-order chi connectivity index (χ1) is 12.5. The SMILES string of the molecule is COc1cc2c(cc1OC)CN(C(=O)Nc1cccc(C(C)=O)c1)CC2. The maximum absolute atomic E-state index is 12.6. The van der Waals surface area contributed by atoms with Crippen LogP contribution in [0.3, 0.4) is 0 Å². The van der Waals surface area contributed by atoms with Gasteiger partial charge >= 0.3 is 6.03 Å². The Kier molecular flexibility index (Phi) is 5.11. The van der Waals surface area contributed by atoms with Gasteiger partial charge in [0.1, 0.15) is 0 Å². The van der Waals surface area contributed by atoms with Crippen LogP contribution in [0.1, 0.15) is 28.4 Å². The van der Waals surface area contributed by atoms with E-state index >= 15 is 0 Å². The van der Waals surface area contributed by atoms with Gasteiger partial charge in [0, 0.05) is 24.3 Å². The number of methoxy groups -OCH3 is 2. The zero-order chi connectivity index (χ0) is 18.7. The third kappa shape index (κ3) is 3.64. The maximum atomic E-state index is 12.6. The fourth-order valence-corrected chi connectivity index (χ4v) is 3.08. The zero-order valence-electron chi connectivity index (χ0n) is 15.2. The minimum absolute atomic E-state index is 0.0333. The molecular formula is C20H22N2O4. The summed E-state index contributed by atoms with van der Waals surface area (Å²) >= 11 is 0. The average molecular weight is 354 g/mol. The van der Waals surface area contributed by atoms with Gasteiger partial charge < -0.3 is 19.7 Å². The highest BCUT2D eigenvalue weighted by Crippen LogP contribution is 2.33. The van der Waals surface area contributed by atoms with E-state index in [-0.39, 0.29) is 11.8 Å². The number of amides is 2. The van der Waals surface area contributed by atoms with E-state index in [0.717, 1.165) is 17.5 Å². The van der Waals surface area contributed by atoms with Crippen LogP contribution in [0.15, 0.2) is 36.4 Å². The van der Waals surface area contributed by atoms with Crippen LogP contribution in [0, 0.1) is 0 Å². The Labute approximate surface area is 152 Å². The van der Waals surface area contributed by atoms with Gasteiger partial charge in [-0.3, -0.25) is 4.79 Å². The Morgan fingerprint density at radius 3 is 2.38 bits per heavy atom. The lowest BCUT2D eigenvalue weighted by Crippen LogP contribution is -2.38. The molecular weight excluding hydrogens is 332 g/mol. The molecule has 26 heavy (non-hydrogen) atoms. The number of rotatable bonds is 4. The molecule has 0 bridgehead atoms. The highest BCUT2D eigenvalue weighted by Gasteiger charge is 2.23. The topological polar surface area (TPSA) is 67.9 Å². The molecule has 3 rings (SSSR count). The number of anilines is 1. The molecule has 2 amide bonds. The average Bonchev–Trinajstić information content (AvgIpc) is 2.66. The predicted molar refractivity (Wildman–Crippen MR) is 99.1 cm³/mol. The molecule has 2 aromatic rings. The summed E-state index contributed by atoms with van der Waals surface area (Å²) in [7, 11) is 3.21. The lowest BCUT2D eigenvalue weighted by molar-refractivity contribution is 0.101. The largest absolute Gasteiger partial charge is 0.493 e. The van der Waals surface area contributed by atoms with Gasteiger partial charge in [-0.2, -0.15) is 0 Å². The third-order valence-corrected chi connectivity index (χ3v) is 4.53. The van der Waals surface area contributed by atoms with E-state index in [9.17, 15) is 9.59 Å². The van der Waals surface area contributed by atoms with Gasteiger partial charge in [0.25, 0.3) is 0 Å². The van der Waals surface area contributed by atoms with E-state index < -0.39 is 0 Å². The molecule has 136 valence electrons. The molecule has 1 aliphatic rings. The van der Waals surface area contributed by atoms with Crippen LogP contribution in [0.25, 0.3) is 0 Å². The Morgan fingerprint density at radius 1 is 1.04 bits per heavy atom. The Hall–Kier alpha value is -3.02. The van der Waals surface area contributed by atoms with Crippen molar-refractivity contribution in [3.8, 4) is 11.5 Å². The summed E-state index contributed by atoms with van der Waals surface area (Å²) in [5, 5.41) is 2.87. The minimum atomic E-state index is -0.189. The van der Waals surface area contributed by atoms with Crippen molar-refractivity contribution in [1.29, 1.82) is 0 Å². The molecule has 0 spiro atoms. The number of carbonyl (C=O) groups is 2. The second kappa shape index (κ2) is 7.47. The highest BCUT2D eigenvalue weighted by molar-refractivity contribution is 5.96. The van der Waals surface area contributed by atoms with Crippen LogP contribution in [0.2, 0.25) is 0 Å². The Morgan fingerprint density at radius 2 is 1.73 bits per heavy atom. The van der Waals surface area contributed by atoms with Gasteiger partial charge in [-0.15, -0.1) is 0 Å². The molecule has 0 aliphatic carbocycles. The number of Topliss-reactive ketones (excluding diaryl/α,β-unsaturated/α-hetero) is 1. The third-order valence-electron chi connectivity index (χ3n) is 4.53. The fraction of sp³-hybridized carbons (Fsp3) is 0.300. The van der Waals surface area contributed by atoms with Gasteiger partial charge in [0.05, 0.1) is 14.2 Å². The van der Waals surface area contributed by atoms with E-state index in [1.54, 1.807) is 43.4 Å². The van der Waals surface area contributed by atoms with Gasteiger partial charge in [-0.25, -0.2) is 4.79 Å². The number of ether oxygens (including phenoxy) is 2. The lowest BCUT2D eigenvalue weighted by atomic mass is 9.99. The second-order valence-corrected chi connectivity index (χ2v) is 6.21. The van der Waals surface area contributed by atoms with Crippen LogP contribution in [-0.2, 0) is 13.0 Å². The van der Waals surface area contributed by atoms with Crippen molar-refractivity contribution in [1.82, 2.24) is 4.90 Å². The van der Waals surface area contributed by atoms with Crippen LogP contribution in [0.5, 0.6) is 11.5 Å². The monoisotopic (exact) mass is 354 g/mol. The van der Waals surface area contributed by atoms with Gasteiger partial charge in [0.2, 0.25) is 0 Å². The van der Waals surface area contributed by atoms with Crippen molar-refractivity contribution in [2.24, 2.45) is 0 Å².